The molecule has 0 radical (unpaired) electrons. The van der Waals surface area contributed by atoms with Crippen molar-refractivity contribution in [3.63, 3.8) is 0 Å². The van der Waals surface area contributed by atoms with E-state index in [2.05, 4.69) is 35.9 Å². The molecule has 0 atom stereocenters. The lowest BCUT2D eigenvalue weighted by Crippen LogP contribution is -2.46. The molecule has 0 unspecified atom stereocenters. The minimum absolute atomic E-state index is 0.0476. The summed E-state index contributed by atoms with van der Waals surface area (Å²) in [6.07, 6.45) is -4.65. The first-order chi connectivity index (χ1) is 33.0. The molecule has 0 saturated carbocycles. The average Bonchev–Trinajstić information content (AvgIpc) is 4.16. The molecule has 3 aromatic carbocycles. The van der Waals surface area contributed by atoms with Crippen LogP contribution >= 0.6 is 0 Å². The molecule has 2 aliphatic heterocycles. The highest BCUT2D eigenvalue weighted by Gasteiger charge is 2.42. The third-order valence-electron chi connectivity index (χ3n) is 12.0. The van der Waals surface area contributed by atoms with E-state index >= 15 is 0 Å². The molecule has 22 heteroatoms. The zero-order chi connectivity index (χ0) is 48.5. The normalized spacial score (nSPS) is 13.7. The van der Waals surface area contributed by atoms with Gasteiger partial charge in [-0.1, -0.05) is 36.4 Å². The summed E-state index contributed by atoms with van der Waals surface area (Å²) >= 11 is 0. The number of carbonyl (C=O) groups is 2. The zero-order valence-electron chi connectivity index (χ0n) is 37.1. The van der Waals surface area contributed by atoms with Crippen molar-refractivity contribution in [1.29, 1.82) is 0 Å². The SMILES string of the molecule is CCNc1cc(-c2ccccc2-c2nncn2-[n+]2ncn(C)c2-c2cnn(C)c2-c2cc(NCC)nc(N3Cc4c(cccc4C(F)(F)F)C3=O)c2)cc(N2Cc3c(cccc3C(F)(F)F)C2=O)n1. The predicted octanol–water partition coefficient (Wildman–Crippen LogP) is 8.02. The molecule has 0 bridgehead atoms. The van der Waals surface area contributed by atoms with Gasteiger partial charge in [0.1, 0.15) is 28.8 Å². The first-order valence-electron chi connectivity index (χ1n) is 21.6. The van der Waals surface area contributed by atoms with Crippen molar-refractivity contribution in [3.8, 4) is 45.2 Å². The molecule has 0 fully saturated rings. The summed E-state index contributed by atoms with van der Waals surface area (Å²) in [5, 5.41) is 24.5. The summed E-state index contributed by atoms with van der Waals surface area (Å²) in [5.41, 5.74) is 1.27. The fourth-order valence-corrected chi connectivity index (χ4v) is 8.96. The highest BCUT2D eigenvalue weighted by Crippen LogP contribution is 2.42. The van der Waals surface area contributed by atoms with E-state index in [1.807, 2.05) is 38.1 Å². The molecule has 7 heterocycles. The van der Waals surface area contributed by atoms with Gasteiger partial charge in [0.05, 0.1) is 43.2 Å². The highest BCUT2D eigenvalue weighted by molar-refractivity contribution is 6.11. The van der Waals surface area contributed by atoms with Crippen molar-refractivity contribution < 1.29 is 40.7 Å². The molecule has 2 N–H and O–H groups in total. The van der Waals surface area contributed by atoms with Crippen molar-refractivity contribution in [2.45, 2.75) is 39.3 Å². The minimum atomic E-state index is -4.67. The molecule has 2 aliphatic rings. The fourth-order valence-electron chi connectivity index (χ4n) is 8.96. The minimum Gasteiger partial charge on any atom is -0.370 e. The molecule has 350 valence electrons. The molecule has 16 nitrogen and oxygen atoms in total. The van der Waals surface area contributed by atoms with E-state index in [0.717, 1.165) is 12.1 Å². The van der Waals surface area contributed by atoms with E-state index in [9.17, 15) is 35.9 Å². The molecule has 2 amide bonds. The Kier molecular flexibility index (Phi) is 10.8. The number of amides is 2. The number of aryl methyl sites for hydroxylation is 2. The van der Waals surface area contributed by atoms with Crippen molar-refractivity contribution in [3.05, 3.63) is 137 Å². The number of nitrogens with zero attached hydrogens (tertiary/aromatic N) is 12. The van der Waals surface area contributed by atoms with Gasteiger partial charge in [0.2, 0.25) is 12.2 Å². The first kappa shape index (κ1) is 44.4. The van der Waals surface area contributed by atoms with Crippen LogP contribution in [0.25, 0.3) is 45.2 Å². The van der Waals surface area contributed by atoms with Crippen LogP contribution < -0.4 is 25.2 Å². The van der Waals surface area contributed by atoms with Crippen LogP contribution in [-0.4, -0.2) is 69.2 Å². The zero-order valence-corrected chi connectivity index (χ0v) is 37.1. The Hall–Kier alpha value is -8.43. The lowest BCUT2D eigenvalue weighted by molar-refractivity contribution is -0.769. The number of hydrogen-bond acceptors (Lipinski definition) is 10. The standard InChI is InChI=1S/C47H39F6N14O2/c1-5-54-37-17-26(19-39(59-37)64-22-33-30(44(64)68)13-9-15-35(33)46(48,49)50)28-11-7-8-12-29(28)42-61-56-24-66(42)67-43(62(3)25-58-67)32-21-57-63(4)41(32)27-18-38(55-6-2)60-40(20-27)65-23-34-31(45(65)69)14-10-16-36(34)47(51,52)53/h7-21,24-25H,5-6,22-23H2,1-4H3,(H,54,59)(H,55,60)/q+1. The Morgan fingerprint density at radius 2 is 1.19 bits per heavy atom. The molecule has 8 aromatic rings. The van der Waals surface area contributed by atoms with Gasteiger partial charge in [0.25, 0.3) is 11.8 Å². The predicted molar refractivity (Wildman–Crippen MR) is 241 cm³/mol. The van der Waals surface area contributed by atoms with Crippen LogP contribution in [0.1, 0.15) is 56.8 Å². The van der Waals surface area contributed by atoms with E-state index in [1.165, 1.54) is 40.4 Å². The van der Waals surface area contributed by atoms with Gasteiger partial charge in [-0.2, -0.15) is 31.4 Å². The van der Waals surface area contributed by atoms with Gasteiger partial charge in [-0.05, 0) is 94.5 Å². The largest absolute Gasteiger partial charge is 0.416 e. The quantitative estimate of drug-likeness (QED) is 0.0960. The lowest BCUT2D eigenvalue weighted by atomic mass is 9.99. The van der Waals surface area contributed by atoms with Gasteiger partial charge >= 0.3 is 18.2 Å². The number of alkyl halides is 6. The number of nitrogens with one attached hydrogen (secondary N) is 2. The lowest BCUT2D eigenvalue weighted by Gasteiger charge is -2.19. The third kappa shape index (κ3) is 7.66. The van der Waals surface area contributed by atoms with Gasteiger partial charge in [0, 0.05) is 42.4 Å². The number of halogens is 6. The number of aromatic nitrogens is 10. The van der Waals surface area contributed by atoms with Crippen LogP contribution in [0, 0.1) is 0 Å². The van der Waals surface area contributed by atoms with E-state index in [4.69, 9.17) is 5.10 Å². The van der Waals surface area contributed by atoms with Crippen LogP contribution in [0.15, 0.2) is 104 Å². The number of rotatable bonds is 11. The second-order valence-corrected chi connectivity index (χ2v) is 16.2. The van der Waals surface area contributed by atoms with Crippen LogP contribution in [0.2, 0.25) is 0 Å². The van der Waals surface area contributed by atoms with Gasteiger partial charge < -0.3 is 10.6 Å². The van der Waals surface area contributed by atoms with Gasteiger partial charge in [-0.3, -0.25) is 24.1 Å². The Balaban J connectivity index is 1.05. The Morgan fingerprint density at radius 3 is 1.75 bits per heavy atom. The number of anilines is 4. The van der Waals surface area contributed by atoms with Crippen molar-refractivity contribution in [1.82, 2.24) is 44.3 Å². The number of benzene rings is 3. The third-order valence-corrected chi connectivity index (χ3v) is 12.0. The molecule has 0 aliphatic carbocycles. The summed E-state index contributed by atoms with van der Waals surface area (Å²) < 4.78 is 89.5. The Labute approximate surface area is 388 Å². The Bertz CT molecular complexity index is 3360. The number of fused-ring (bicyclic) bond motifs is 2. The van der Waals surface area contributed by atoms with Crippen LogP contribution in [0.4, 0.5) is 49.6 Å². The van der Waals surface area contributed by atoms with E-state index < -0.39 is 35.3 Å². The molecular formula is C47H39F6N14O2+. The summed E-state index contributed by atoms with van der Waals surface area (Å²) in [6.45, 7) is 3.96. The maximum Gasteiger partial charge on any atom is 0.416 e. The fraction of sp³-hybridized carbons (Fsp3) is 0.213. The van der Waals surface area contributed by atoms with Gasteiger partial charge in [0.15, 0.2) is 6.33 Å². The molecule has 0 saturated heterocycles. The summed E-state index contributed by atoms with van der Waals surface area (Å²) in [5.74, 6) is 0.610. The molecular weight excluding hydrogens is 907 g/mol. The Morgan fingerprint density at radius 1 is 0.652 bits per heavy atom. The van der Waals surface area contributed by atoms with Crippen LogP contribution in [0.5, 0.6) is 0 Å². The number of hydrogen-bond donors (Lipinski definition) is 2. The second kappa shape index (κ2) is 16.7. The van der Waals surface area contributed by atoms with Crippen molar-refractivity contribution in [2.24, 2.45) is 14.1 Å². The van der Waals surface area contributed by atoms with Crippen LogP contribution in [-0.2, 0) is 39.5 Å². The maximum absolute atomic E-state index is 14.1. The van der Waals surface area contributed by atoms with E-state index in [0.29, 0.717) is 69.9 Å². The van der Waals surface area contributed by atoms with Crippen LogP contribution in [0.3, 0.4) is 0 Å². The maximum atomic E-state index is 14.1. The molecule has 0 spiro atoms. The van der Waals surface area contributed by atoms with Gasteiger partial charge in [-0.25, -0.2) is 14.5 Å². The number of pyridine rings is 2. The average molecular weight is 946 g/mol. The molecule has 5 aromatic heterocycles. The van der Waals surface area contributed by atoms with Crippen molar-refractivity contribution >= 4 is 35.1 Å². The summed E-state index contributed by atoms with van der Waals surface area (Å²) in [6, 6.07) is 21.2. The summed E-state index contributed by atoms with van der Waals surface area (Å²) in [7, 11) is 3.51. The number of carbonyl (C=O) groups excluding carboxylic acids is 2. The molecule has 69 heavy (non-hydrogen) atoms. The highest BCUT2D eigenvalue weighted by atomic mass is 19.4. The monoisotopic (exact) mass is 945 g/mol. The van der Waals surface area contributed by atoms with Crippen molar-refractivity contribution in [2.75, 3.05) is 33.5 Å². The summed E-state index contributed by atoms with van der Waals surface area (Å²) in [4.78, 5) is 40.8. The van der Waals surface area contributed by atoms with E-state index in [-0.39, 0.29) is 47.0 Å². The van der Waals surface area contributed by atoms with Gasteiger partial charge in [-0.15, -0.1) is 14.9 Å². The first-order valence-corrected chi connectivity index (χ1v) is 21.6. The van der Waals surface area contributed by atoms with E-state index in [1.54, 1.807) is 69.6 Å². The smallest absolute Gasteiger partial charge is 0.370 e. The topological polar surface area (TPSA) is 161 Å². The molecule has 10 rings (SSSR count). The second-order valence-electron chi connectivity index (χ2n) is 16.2.